The van der Waals surface area contributed by atoms with Gasteiger partial charge < -0.3 is 19.6 Å². The molecule has 1 amide bonds. The minimum Gasteiger partial charge on any atom is -0.481 e. The molecule has 2 unspecified atom stereocenters. The molecule has 156 valence electrons. The van der Waals surface area contributed by atoms with E-state index in [2.05, 4.69) is 5.32 Å². The van der Waals surface area contributed by atoms with Crippen molar-refractivity contribution in [3.8, 4) is 16.9 Å². The number of amides is 1. The van der Waals surface area contributed by atoms with Crippen LogP contribution in [-0.4, -0.2) is 29.1 Å². The third kappa shape index (κ3) is 4.86. The maximum atomic E-state index is 12.3. The Bertz CT molecular complexity index is 1110. The monoisotopic (exact) mass is 409 g/mol. The van der Waals surface area contributed by atoms with E-state index in [0.717, 1.165) is 16.5 Å². The second kappa shape index (κ2) is 9.26. The Balaban J connectivity index is 1.83. The van der Waals surface area contributed by atoms with E-state index in [4.69, 9.17) is 9.15 Å². The van der Waals surface area contributed by atoms with Gasteiger partial charge in [0.1, 0.15) is 17.4 Å². The number of hydrogen-bond donors (Lipinski definition) is 2. The molecule has 1 heterocycles. The molecule has 0 aliphatic heterocycles. The van der Waals surface area contributed by atoms with Crippen molar-refractivity contribution in [2.24, 2.45) is 0 Å². The topological polar surface area (TPSA) is 106 Å². The fourth-order valence-corrected chi connectivity index (χ4v) is 3.17. The highest BCUT2D eigenvalue weighted by Crippen LogP contribution is 2.29. The van der Waals surface area contributed by atoms with Gasteiger partial charge in [-0.2, -0.15) is 0 Å². The van der Waals surface area contributed by atoms with Crippen molar-refractivity contribution in [1.82, 2.24) is 5.32 Å². The molecule has 7 nitrogen and oxygen atoms in total. The summed E-state index contributed by atoms with van der Waals surface area (Å²) in [5.41, 5.74) is 1.46. The Morgan fingerprint density at radius 2 is 1.87 bits per heavy atom. The molecule has 0 aliphatic rings. The first-order valence-electron chi connectivity index (χ1n) is 9.72. The number of carbonyl (C=O) groups excluding carboxylic acids is 1. The first-order chi connectivity index (χ1) is 14.4. The molecule has 30 heavy (non-hydrogen) atoms. The van der Waals surface area contributed by atoms with Gasteiger partial charge in [-0.3, -0.25) is 4.79 Å². The van der Waals surface area contributed by atoms with Crippen molar-refractivity contribution < 1.29 is 23.8 Å². The van der Waals surface area contributed by atoms with Gasteiger partial charge in [0, 0.05) is 17.5 Å². The third-order valence-electron chi connectivity index (χ3n) is 4.67. The molecule has 0 fully saturated rings. The fourth-order valence-electron chi connectivity index (χ4n) is 3.17. The summed E-state index contributed by atoms with van der Waals surface area (Å²) in [6.45, 7) is 3.37. The van der Waals surface area contributed by atoms with Crippen LogP contribution in [0.1, 0.15) is 26.7 Å². The smallest absolute Gasteiger partial charge is 0.336 e. The molecule has 0 aliphatic carbocycles. The number of benzene rings is 2. The lowest BCUT2D eigenvalue weighted by atomic mass is 10.0. The molecule has 0 spiro atoms. The highest BCUT2D eigenvalue weighted by molar-refractivity contribution is 5.94. The summed E-state index contributed by atoms with van der Waals surface area (Å²) >= 11 is 0. The van der Waals surface area contributed by atoms with Crippen molar-refractivity contribution in [3.63, 3.8) is 0 Å². The lowest BCUT2D eigenvalue weighted by Crippen LogP contribution is -2.46. The normalized spacial score (nSPS) is 12.9. The molecule has 2 atom stereocenters. The van der Waals surface area contributed by atoms with Gasteiger partial charge in [0.2, 0.25) is 0 Å². The van der Waals surface area contributed by atoms with E-state index < -0.39 is 29.6 Å². The van der Waals surface area contributed by atoms with Crippen LogP contribution in [0.15, 0.2) is 63.8 Å². The number of carboxylic acid groups (broad SMARTS) is 1. The molecule has 2 N–H and O–H groups in total. The Kier molecular flexibility index (Phi) is 6.51. The van der Waals surface area contributed by atoms with Crippen molar-refractivity contribution in [1.29, 1.82) is 0 Å². The van der Waals surface area contributed by atoms with Crippen LogP contribution < -0.4 is 15.7 Å². The van der Waals surface area contributed by atoms with Crippen LogP contribution in [0.4, 0.5) is 0 Å². The van der Waals surface area contributed by atoms with Gasteiger partial charge in [-0.1, -0.05) is 43.7 Å². The lowest BCUT2D eigenvalue weighted by Gasteiger charge is -2.18. The van der Waals surface area contributed by atoms with Gasteiger partial charge >= 0.3 is 11.6 Å². The summed E-state index contributed by atoms with van der Waals surface area (Å²) in [6.07, 6.45) is 0.0297. The Morgan fingerprint density at radius 1 is 1.13 bits per heavy atom. The Morgan fingerprint density at radius 3 is 2.53 bits per heavy atom. The molecule has 0 radical (unpaired) electrons. The molecular weight excluding hydrogens is 386 g/mol. The van der Waals surface area contributed by atoms with Crippen LogP contribution in [0, 0.1) is 0 Å². The van der Waals surface area contributed by atoms with Crippen LogP contribution in [0.3, 0.4) is 0 Å². The third-order valence-corrected chi connectivity index (χ3v) is 4.67. The van der Waals surface area contributed by atoms with Crippen LogP contribution in [0.2, 0.25) is 0 Å². The summed E-state index contributed by atoms with van der Waals surface area (Å²) in [4.78, 5) is 35.6. The zero-order chi connectivity index (χ0) is 21.7. The maximum Gasteiger partial charge on any atom is 0.336 e. The van der Waals surface area contributed by atoms with Gasteiger partial charge in [-0.05, 0) is 36.6 Å². The molecule has 0 bridgehead atoms. The van der Waals surface area contributed by atoms with Gasteiger partial charge in [-0.25, -0.2) is 9.59 Å². The summed E-state index contributed by atoms with van der Waals surface area (Å²) < 4.78 is 11.0. The fraction of sp³-hybridized carbons (Fsp3) is 0.261. The summed E-state index contributed by atoms with van der Waals surface area (Å²) in [5, 5.41) is 12.4. The first-order valence-corrected chi connectivity index (χ1v) is 9.72. The van der Waals surface area contributed by atoms with Gasteiger partial charge in [0.15, 0.2) is 6.10 Å². The number of carbonyl (C=O) groups is 2. The molecule has 3 aromatic rings. The van der Waals surface area contributed by atoms with Gasteiger partial charge in [-0.15, -0.1) is 0 Å². The van der Waals surface area contributed by atoms with E-state index >= 15 is 0 Å². The number of rotatable bonds is 8. The van der Waals surface area contributed by atoms with E-state index in [9.17, 15) is 19.5 Å². The molecule has 0 saturated heterocycles. The quantitative estimate of drug-likeness (QED) is 0.551. The van der Waals surface area contributed by atoms with Crippen LogP contribution in [0.25, 0.3) is 22.1 Å². The average Bonchev–Trinajstić information content (AvgIpc) is 2.73. The van der Waals surface area contributed by atoms with Crippen molar-refractivity contribution in [2.45, 2.75) is 38.8 Å². The zero-order valence-corrected chi connectivity index (χ0v) is 16.8. The van der Waals surface area contributed by atoms with Gasteiger partial charge in [0.25, 0.3) is 5.91 Å². The minimum atomic E-state index is -1.08. The van der Waals surface area contributed by atoms with Crippen molar-refractivity contribution >= 4 is 22.8 Å². The summed E-state index contributed by atoms with van der Waals surface area (Å²) in [7, 11) is 0. The second-order valence-corrected chi connectivity index (χ2v) is 6.95. The van der Waals surface area contributed by atoms with E-state index in [0.29, 0.717) is 24.2 Å². The van der Waals surface area contributed by atoms with Crippen LogP contribution >= 0.6 is 0 Å². The number of ether oxygens (including phenoxy) is 1. The molecular formula is C23H23NO6. The SMILES string of the molecule is CCCC(NC(=O)C(C)Oc1ccc2c(-c3ccccc3)cc(=O)oc2c1)C(=O)O. The number of nitrogens with one attached hydrogen (secondary N) is 1. The number of hydrogen-bond acceptors (Lipinski definition) is 5. The molecule has 2 aromatic carbocycles. The Hall–Kier alpha value is -3.61. The molecule has 3 rings (SSSR count). The number of fused-ring (bicyclic) bond motifs is 1. The Labute approximate surface area is 173 Å². The molecule has 7 heteroatoms. The van der Waals surface area contributed by atoms with Crippen LogP contribution in [0.5, 0.6) is 5.75 Å². The highest BCUT2D eigenvalue weighted by atomic mass is 16.5. The van der Waals surface area contributed by atoms with E-state index in [1.165, 1.54) is 13.0 Å². The highest BCUT2D eigenvalue weighted by Gasteiger charge is 2.23. The van der Waals surface area contributed by atoms with Crippen LogP contribution in [-0.2, 0) is 9.59 Å². The van der Waals surface area contributed by atoms with E-state index in [1.54, 1.807) is 18.2 Å². The number of carboxylic acids is 1. The predicted molar refractivity (Wildman–Crippen MR) is 112 cm³/mol. The van der Waals surface area contributed by atoms with Gasteiger partial charge in [0.05, 0.1) is 0 Å². The van der Waals surface area contributed by atoms with Crippen molar-refractivity contribution in [2.75, 3.05) is 0 Å². The number of aliphatic carboxylic acids is 1. The lowest BCUT2D eigenvalue weighted by molar-refractivity contribution is -0.143. The van der Waals surface area contributed by atoms with E-state index in [1.807, 2.05) is 37.3 Å². The first kappa shape index (κ1) is 21.1. The molecule has 0 saturated carbocycles. The molecule has 1 aromatic heterocycles. The minimum absolute atomic E-state index is 0.331. The second-order valence-electron chi connectivity index (χ2n) is 6.95. The maximum absolute atomic E-state index is 12.3. The summed E-state index contributed by atoms with van der Waals surface area (Å²) in [5.74, 6) is -1.28. The standard InChI is InChI=1S/C23H23NO6/c1-3-7-19(23(27)28)24-22(26)14(2)29-16-10-11-17-18(15-8-5-4-6-9-15)13-21(25)30-20(17)12-16/h4-6,8-14,19H,3,7H2,1-2H3,(H,24,26)(H,27,28). The average molecular weight is 409 g/mol. The largest absolute Gasteiger partial charge is 0.481 e. The summed E-state index contributed by atoms with van der Waals surface area (Å²) in [6, 6.07) is 14.9. The predicted octanol–water partition coefficient (Wildman–Crippen LogP) is 3.60. The zero-order valence-electron chi connectivity index (χ0n) is 16.8. The van der Waals surface area contributed by atoms with Crippen molar-refractivity contribution in [3.05, 3.63) is 65.0 Å². The van der Waals surface area contributed by atoms with E-state index in [-0.39, 0.29) is 0 Å².